The molecule has 2 N–H and O–H groups in total. The minimum atomic E-state index is -4.55. The molecule has 37 heavy (non-hydrogen) atoms. The lowest BCUT2D eigenvalue weighted by Crippen LogP contribution is -2.63. The summed E-state index contributed by atoms with van der Waals surface area (Å²) in [5.74, 6) is -1.25. The molecule has 1 spiro atoms. The zero-order valence-electron chi connectivity index (χ0n) is 19.4. The molecule has 4 aliphatic heterocycles. The molecule has 0 bridgehead atoms. The molecule has 5 amide bonds. The molecule has 192 valence electrons. The van der Waals surface area contributed by atoms with E-state index in [1.807, 2.05) is 0 Å². The summed E-state index contributed by atoms with van der Waals surface area (Å²) in [6.07, 6.45) is -4.15. The van der Waals surface area contributed by atoms with Gasteiger partial charge in [-0.25, -0.2) is 4.79 Å². The molecule has 12 heteroatoms. The third-order valence-corrected chi connectivity index (χ3v) is 7.40. The lowest BCUT2D eigenvalue weighted by Gasteiger charge is -2.45. The Bertz CT molecular complexity index is 1370. The Hall–Kier alpha value is -3.93. The van der Waals surface area contributed by atoms with Crippen LogP contribution >= 0.6 is 0 Å². The van der Waals surface area contributed by atoms with Crippen molar-refractivity contribution in [2.24, 2.45) is 0 Å². The Balaban J connectivity index is 1.25. The van der Waals surface area contributed by atoms with Crippen LogP contribution in [-0.2, 0) is 33.5 Å². The number of urea groups is 1. The maximum Gasteiger partial charge on any atom is 0.416 e. The fourth-order valence-corrected chi connectivity index (χ4v) is 5.62. The fraction of sp³-hybridized carbons (Fsp3) is 0.360. The normalized spacial score (nSPS) is 22.0. The molecule has 2 saturated heterocycles. The molecule has 0 aromatic heterocycles. The molecule has 4 aliphatic rings. The first kappa shape index (κ1) is 23.5. The first-order chi connectivity index (χ1) is 17.6. The molecule has 2 fully saturated rings. The summed E-state index contributed by atoms with van der Waals surface area (Å²) in [5, 5.41) is 5.00. The second-order valence-corrected chi connectivity index (χ2v) is 9.73. The topological polar surface area (TPSA) is 108 Å². The molecule has 0 radical (unpaired) electrons. The van der Waals surface area contributed by atoms with E-state index in [-0.39, 0.29) is 62.1 Å². The van der Waals surface area contributed by atoms with Crippen LogP contribution in [0.25, 0.3) is 0 Å². The molecule has 2 aromatic rings. The minimum Gasteiger partial charge on any atom is -0.376 e. The molecule has 9 nitrogen and oxygen atoms in total. The van der Waals surface area contributed by atoms with Gasteiger partial charge in [-0.05, 0) is 47.9 Å². The Labute approximate surface area is 208 Å². The van der Waals surface area contributed by atoms with Gasteiger partial charge in [-0.15, -0.1) is 0 Å². The van der Waals surface area contributed by atoms with Gasteiger partial charge in [0.05, 0.1) is 24.5 Å². The number of fused-ring (bicyclic) bond motifs is 2. The zero-order valence-corrected chi connectivity index (χ0v) is 19.4. The lowest BCUT2D eigenvalue weighted by atomic mass is 9.90. The number of benzene rings is 2. The number of piperidine rings is 1. The molecule has 0 aliphatic carbocycles. The van der Waals surface area contributed by atoms with Crippen molar-refractivity contribution in [1.82, 2.24) is 10.2 Å². The van der Waals surface area contributed by atoms with Gasteiger partial charge in [0.25, 0.3) is 5.91 Å². The van der Waals surface area contributed by atoms with Crippen molar-refractivity contribution >= 4 is 35.1 Å². The van der Waals surface area contributed by atoms with E-state index >= 15 is 0 Å². The molecule has 4 heterocycles. The number of hydrogen-bond acceptors (Lipinski definition) is 5. The number of carbonyl (C=O) groups is 4. The fourth-order valence-electron chi connectivity index (χ4n) is 5.62. The number of nitrogens with one attached hydrogen (secondary N) is 2. The van der Waals surface area contributed by atoms with E-state index in [1.165, 1.54) is 28.0 Å². The number of halogens is 3. The highest BCUT2D eigenvalue weighted by atomic mass is 19.4. The Morgan fingerprint density at radius 3 is 2.59 bits per heavy atom. The van der Waals surface area contributed by atoms with Crippen molar-refractivity contribution in [2.45, 2.75) is 43.6 Å². The van der Waals surface area contributed by atoms with Gasteiger partial charge in [0.1, 0.15) is 11.6 Å². The second-order valence-electron chi connectivity index (χ2n) is 9.73. The summed E-state index contributed by atoms with van der Waals surface area (Å²) in [6, 6.07) is 7.12. The van der Waals surface area contributed by atoms with Crippen LogP contribution in [0.5, 0.6) is 0 Å². The average molecular weight is 514 g/mol. The highest BCUT2D eigenvalue weighted by Gasteiger charge is 2.54. The van der Waals surface area contributed by atoms with Gasteiger partial charge < -0.3 is 15.0 Å². The summed E-state index contributed by atoms with van der Waals surface area (Å²) in [5.41, 5.74) is -0.0796. The summed E-state index contributed by atoms with van der Waals surface area (Å²) >= 11 is 0. The van der Waals surface area contributed by atoms with Crippen LogP contribution in [0, 0.1) is 0 Å². The smallest absolute Gasteiger partial charge is 0.376 e. The van der Waals surface area contributed by atoms with Crippen LogP contribution in [-0.4, -0.2) is 53.4 Å². The van der Waals surface area contributed by atoms with E-state index in [9.17, 15) is 32.3 Å². The van der Waals surface area contributed by atoms with Crippen molar-refractivity contribution in [2.75, 3.05) is 23.4 Å². The maximum atomic E-state index is 13.6. The van der Waals surface area contributed by atoms with E-state index in [1.54, 1.807) is 12.1 Å². The number of ether oxygens (including phenoxy) is 1. The number of carbonyl (C=O) groups excluding carboxylic acids is 4. The van der Waals surface area contributed by atoms with E-state index in [2.05, 4.69) is 10.6 Å². The quantitative estimate of drug-likeness (QED) is 0.600. The number of rotatable bonds is 2. The van der Waals surface area contributed by atoms with E-state index in [0.29, 0.717) is 16.8 Å². The first-order valence-corrected chi connectivity index (χ1v) is 11.7. The third-order valence-electron chi connectivity index (χ3n) is 7.40. The van der Waals surface area contributed by atoms with Crippen LogP contribution in [0.1, 0.15) is 39.9 Å². The van der Waals surface area contributed by atoms with Crippen molar-refractivity contribution in [3.05, 3.63) is 58.7 Å². The number of hydrogen-bond donors (Lipinski definition) is 2. The number of imide groups is 1. The highest BCUT2D eigenvalue weighted by molar-refractivity contribution is 6.07. The third kappa shape index (κ3) is 3.66. The summed E-state index contributed by atoms with van der Waals surface area (Å²) in [4.78, 5) is 52.8. The van der Waals surface area contributed by atoms with Gasteiger partial charge in [0, 0.05) is 30.6 Å². The van der Waals surface area contributed by atoms with E-state index in [0.717, 1.165) is 6.07 Å². The monoisotopic (exact) mass is 514 g/mol. The highest BCUT2D eigenvalue weighted by Crippen LogP contribution is 2.48. The van der Waals surface area contributed by atoms with Gasteiger partial charge in [0.15, 0.2) is 0 Å². The average Bonchev–Trinajstić information content (AvgIpc) is 3.33. The zero-order chi connectivity index (χ0) is 26.1. The van der Waals surface area contributed by atoms with Crippen molar-refractivity contribution in [3.63, 3.8) is 0 Å². The molecule has 2 aromatic carbocycles. The Morgan fingerprint density at radius 2 is 1.92 bits per heavy atom. The van der Waals surface area contributed by atoms with Crippen LogP contribution in [0.15, 0.2) is 36.4 Å². The number of amides is 5. The molecular weight excluding hydrogens is 493 g/mol. The Morgan fingerprint density at radius 1 is 1.14 bits per heavy atom. The van der Waals surface area contributed by atoms with Gasteiger partial charge >= 0.3 is 12.2 Å². The van der Waals surface area contributed by atoms with Gasteiger partial charge in [-0.2, -0.15) is 13.2 Å². The van der Waals surface area contributed by atoms with Crippen LogP contribution in [0.2, 0.25) is 0 Å². The number of anilines is 2. The molecular formula is C25H21F3N4O5. The predicted molar refractivity (Wildman–Crippen MR) is 123 cm³/mol. The van der Waals surface area contributed by atoms with Gasteiger partial charge in [-0.3, -0.25) is 24.6 Å². The molecule has 0 saturated carbocycles. The molecule has 6 rings (SSSR count). The maximum absolute atomic E-state index is 13.6. The van der Waals surface area contributed by atoms with Crippen LogP contribution < -0.4 is 15.5 Å². The Kier molecular flexibility index (Phi) is 5.10. The van der Waals surface area contributed by atoms with Crippen LogP contribution in [0.4, 0.5) is 29.3 Å². The van der Waals surface area contributed by atoms with Crippen molar-refractivity contribution < 1.29 is 37.1 Å². The standard InChI is InChI=1S/C25H21F3N4O5/c26-25(27,28)17-2-1-3-18-16(17)9-24(11-37-12-24)32(18)23(36)29-14-4-5-15-13(8-14)10-31(22(15)35)19-6-7-20(33)30-21(19)34/h1-5,8,19H,6-7,9-12H2,(H,29,36)(H,30,33,34). The SMILES string of the molecule is O=C1CCC(N2Cc3cc(NC(=O)N4c5cccc(C(F)(F)F)c5CC45COC5)ccc3C2=O)C(=O)N1. The molecule has 1 unspecified atom stereocenters. The first-order valence-electron chi connectivity index (χ1n) is 11.7. The summed E-state index contributed by atoms with van der Waals surface area (Å²) < 4.78 is 46.2. The van der Waals surface area contributed by atoms with E-state index < -0.39 is 35.3 Å². The van der Waals surface area contributed by atoms with Crippen molar-refractivity contribution in [3.8, 4) is 0 Å². The predicted octanol–water partition coefficient (Wildman–Crippen LogP) is 2.83. The van der Waals surface area contributed by atoms with Crippen LogP contribution in [0.3, 0.4) is 0 Å². The van der Waals surface area contributed by atoms with E-state index in [4.69, 9.17) is 4.74 Å². The van der Waals surface area contributed by atoms with Gasteiger partial charge in [-0.1, -0.05) is 6.07 Å². The summed E-state index contributed by atoms with van der Waals surface area (Å²) in [7, 11) is 0. The molecule has 1 atom stereocenters. The van der Waals surface area contributed by atoms with Crippen molar-refractivity contribution in [1.29, 1.82) is 0 Å². The second kappa shape index (κ2) is 8.04. The minimum absolute atomic E-state index is 0.0328. The summed E-state index contributed by atoms with van der Waals surface area (Å²) in [6.45, 7) is 0.363. The number of nitrogens with zero attached hydrogens (tertiary/aromatic N) is 2. The lowest BCUT2D eigenvalue weighted by molar-refractivity contribution is -0.139. The van der Waals surface area contributed by atoms with Gasteiger partial charge in [0.2, 0.25) is 11.8 Å². The number of alkyl halides is 3. The largest absolute Gasteiger partial charge is 0.416 e.